The summed E-state index contributed by atoms with van der Waals surface area (Å²) in [5.41, 5.74) is 2.57. The molecule has 3 aliphatic heterocycles. The summed E-state index contributed by atoms with van der Waals surface area (Å²) in [4.78, 5) is 48.8. The summed E-state index contributed by atoms with van der Waals surface area (Å²) in [7, 11) is 0. The highest BCUT2D eigenvalue weighted by molar-refractivity contribution is 6.36. The number of imide groups is 1. The van der Waals surface area contributed by atoms with Crippen LogP contribution in [-0.2, 0) is 16.1 Å². The molecule has 1 atom stereocenters. The number of hydrogen-bond acceptors (Lipinski definition) is 4. The Hall–Kier alpha value is -4.47. The average molecular weight is 513 g/mol. The van der Waals surface area contributed by atoms with Crippen LogP contribution in [0.15, 0.2) is 60.6 Å². The van der Waals surface area contributed by atoms with Gasteiger partial charge in [-0.15, -0.1) is 0 Å². The Morgan fingerprint density at radius 2 is 1.82 bits per heavy atom. The number of amides is 4. The van der Waals surface area contributed by atoms with Crippen molar-refractivity contribution in [2.24, 2.45) is 0 Å². The van der Waals surface area contributed by atoms with Crippen LogP contribution in [0.25, 0.3) is 22.1 Å². The third-order valence-electron chi connectivity index (χ3n) is 7.83. The van der Waals surface area contributed by atoms with Gasteiger partial charge in [0, 0.05) is 49.5 Å². The molecule has 3 aromatic heterocycles. The lowest BCUT2D eigenvalue weighted by atomic mass is 9.91. The summed E-state index contributed by atoms with van der Waals surface area (Å²) < 4.78 is 18.8. The zero-order chi connectivity index (χ0) is 26.0. The van der Waals surface area contributed by atoms with Crippen molar-refractivity contribution in [1.29, 1.82) is 0 Å². The van der Waals surface area contributed by atoms with E-state index in [1.54, 1.807) is 32.7 Å². The predicted molar refractivity (Wildman–Crippen MR) is 137 cm³/mol. The monoisotopic (exact) mass is 512 g/mol. The molecule has 4 aromatic rings. The predicted octanol–water partition coefficient (Wildman–Crippen LogP) is 3.50. The van der Waals surface area contributed by atoms with Gasteiger partial charge in [-0.25, -0.2) is 14.2 Å². The van der Waals surface area contributed by atoms with Crippen molar-refractivity contribution < 1.29 is 18.8 Å². The van der Waals surface area contributed by atoms with E-state index in [0.29, 0.717) is 48.5 Å². The van der Waals surface area contributed by atoms with Gasteiger partial charge in [-0.3, -0.25) is 19.3 Å². The van der Waals surface area contributed by atoms with Crippen LogP contribution in [0.5, 0.6) is 0 Å². The van der Waals surface area contributed by atoms with E-state index in [1.807, 2.05) is 29.0 Å². The van der Waals surface area contributed by atoms with Crippen LogP contribution in [-0.4, -0.2) is 61.2 Å². The molecule has 1 N–H and O–H groups in total. The van der Waals surface area contributed by atoms with Crippen LogP contribution in [0.3, 0.4) is 0 Å². The highest BCUT2D eigenvalue weighted by Crippen LogP contribution is 2.42. The minimum Gasteiger partial charge on any atom is -0.345 e. The molecule has 1 fully saturated rings. The lowest BCUT2D eigenvalue weighted by molar-refractivity contribution is -0.123. The number of urea groups is 1. The quantitative estimate of drug-likeness (QED) is 0.416. The molecule has 1 unspecified atom stereocenters. The minimum absolute atomic E-state index is 0.132. The third kappa shape index (κ3) is 3.36. The summed E-state index contributed by atoms with van der Waals surface area (Å²) in [6, 6.07) is 8.95. The topological polar surface area (TPSA) is 91.9 Å². The van der Waals surface area contributed by atoms with Crippen LogP contribution in [0.4, 0.5) is 9.18 Å². The van der Waals surface area contributed by atoms with E-state index >= 15 is 4.39 Å². The van der Waals surface area contributed by atoms with Crippen molar-refractivity contribution in [1.82, 2.24) is 29.1 Å². The summed E-state index contributed by atoms with van der Waals surface area (Å²) in [5, 5.41) is 3.13. The fourth-order valence-corrected chi connectivity index (χ4v) is 6.14. The molecule has 7 rings (SSSR count). The number of carbonyl (C=O) groups excluding carboxylic acids is 3. The third-order valence-corrected chi connectivity index (χ3v) is 7.83. The summed E-state index contributed by atoms with van der Waals surface area (Å²) in [5.74, 6) is -1.62. The van der Waals surface area contributed by atoms with Crippen molar-refractivity contribution in [3.05, 3.63) is 77.6 Å². The van der Waals surface area contributed by atoms with Crippen molar-refractivity contribution >= 4 is 40.0 Å². The van der Waals surface area contributed by atoms with E-state index in [2.05, 4.69) is 10.3 Å². The van der Waals surface area contributed by atoms with E-state index in [9.17, 15) is 14.4 Å². The Morgan fingerprint density at radius 1 is 0.974 bits per heavy atom. The maximum absolute atomic E-state index is 15.0. The number of fused-ring (bicyclic) bond motifs is 1. The fraction of sp³-hybridized carbons (Fsp3) is 0.286. The van der Waals surface area contributed by atoms with Crippen molar-refractivity contribution in [3.8, 4) is 0 Å². The van der Waals surface area contributed by atoms with Gasteiger partial charge in [0.1, 0.15) is 11.5 Å². The van der Waals surface area contributed by atoms with Gasteiger partial charge in [0.15, 0.2) is 0 Å². The summed E-state index contributed by atoms with van der Waals surface area (Å²) in [6.07, 6.45) is 8.07. The molecule has 0 spiro atoms. The SMILES string of the molecule is O=C1NC(=O)C(C2c3cc(F)cc4ccn(c34)CCN2C(=O)N2CCCCC2)=C1c1cnc2ccccn12. The van der Waals surface area contributed by atoms with Gasteiger partial charge in [-0.2, -0.15) is 0 Å². The van der Waals surface area contributed by atoms with E-state index in [1.165, 1.54) is 12.1 Å². The Bertz CT molecular complexity index is 1680. The number of nitrogens with zero attached hydrogens (tertiary/aromatic N) is 5. The fourth-order valence-electron chi connectivity index (χ4n) is 6.14. The molecule has 0 bridgehead atoms. The van der Waals surface area contributed by atoms with Gasteiger partial charge in [0.2, 0.25) is 0 Å². The Balaban J connectivity index is 1.50. The van der Waals surface area contributed by atoms with E-state index < -0.39 is 23.7 Å². The van der Waals surface area contributed by atoms with Gasteiger partial charge in [-0.1, -0.05) is 6.07 Å². The largest absolute Gasteiger partial charge is 0.345 e. The average Bonchev–Trinajstić information content (AvgIpc) is 3.58. The second-order valence-electron chi connectivity index (χ2n) is 10.0. The molecule has 1 saturated heterocycles. The standard InChI is InChI=1S/C28H25FN6O3/c29-18-14-17-7-11-32-12-13-35(28(38)33-8-3-1-4-9-33)25(19(15-18)24(17)32)23-22(26(36)31-27(23)37)20-16-30-21-6-2-5-10-34(20)21/h2,5-7,10-11,14-16,25H,1,3-4,8-9,12-13H2,(H,31,36,37). The number of imidazole rings is 1. The molecule has 10 heteroatoms. The Morgan fingerprint density at radius 3 is 2.66 bits per heavy atom. The number of benzene rings is 1. The van der Waals surface area contributed by atoms with Crippen LogP contribution in [0.1, 0.15) is 36.6 Å². The molecule has 4 amide bonds. The molecule has 0 saturated carbocycles. The van der Waals surface area contributed by atoms with Crippen LogP contribution < -0.4 is 5.32 Å². The van der Waals surface area contributed by atoms with Crippen molar-refractivity contribution in [3.63, 3.8) is 0 Å². The molecular formula is C28H25FN6O3. The van der Waals surface area contributed by atoms with Crippen molar-refractivity contribution in [2.45, 2.75) is 31.8 Å². The molecule has 38 heavy (non-hydrogen) atoms. The lowest BCUT2D eigenvalue weighted by Crippen LogP contribution is -2.48. The number of rotatable bonds is 2. The first-order valence-electron chi connectivity index (χ1n) is 12.9. The van der Waals surface area contributed by atoms with E-state index in [4.69, 9.17) is 0 Å². The maximum atomic E-state index is 15.0. The van der Waals surface area contributed by atoms with Crippen LogP contribution >= 0.6 is 0 Å². The van der Waals surface area contributed by atoms with Gasteiger partial charge in [-0.05, 0) is 49.6 Å². The number of hydrogen-bond donors (Lipinski definition) is 1. The van der Waals surface area contributed by atoms with Gasteiger partial charge in [0.05, 0.1) is 34.6 Å². The normalized spacial score (nSPS) is 20.0. The Kier molecular flexibility index (Phi) is 5.10. The molecule has 6 heterocycles. The first-order chi connectivity index (χ1) is 18.5. The molecule has 0 radical (unpaired) electrons. The molecular weight excluding hydrogens is 487 g/mol. The number of carbonyl (C=O) groups is 3. The second kappa shape index (κ2) is 8.54. The number of likely N-dealkylation sites (tertiary alicyclic amines) is 1. The van der Waals surface area contributed by atoms with Gasteiger partial charge < -0.3 is 14.4 Å². The van der Waals surface area contributed by atoms with E-state index in [0.717, 1.165) is 24.8 Å². The number of halogens is 1. The van der Waals surface area contributed by atoms with Crippen LogP contribution in [0.2, 0.25) is 0 Å². The molecule has 1 aromatic carbocycles. The second-order valence-corrected chi connectivity index (χ2v) is 10.0. The minimum atomic E-state index is -0.963. The Labute approximate surface area is 217 Å². The zero-order valence-corrected chi connectivity index (χ0v) is 20.6. The number of nitrogens with one attached hydrogen (secondary N) is 1. The molecule has 0 aliphatic carbocycles. The van der Waals surface area contributed by atoms with Gasteiger partial charge >= 0.3 is 6.03 Å². The van der Waals surface area contributed by atoms with Crippen LogP contribution in [0, 0.1) is 5.82 Å². The highest BCUT2D eigenvalue weighted by Gasteiger charge is 2.44. The molecule has 9 nitrogen and oxygen atoms in total. The summed E-state index contributed by atoms with van der Waals surface area (Å²) in [6.45, 7) is 2.02. The van der Waals surface area contributed by atoms with Gasteiger partial charge in [0.25, 0.3) is 11.8 Å². The number of pyridine rings is 1. The molecule has 192 valence electrons. The highest BCUT2D eigenvalue weighted by atomic mass is 19.1. The molecule has 3 aliphatic rings. The lowest BCUT2D eigenvalue weighted by Gasteiger charge is -2.37. The van der Waals surface area contributed by atoms with Crippen molar-refractivity contribution in [2.75, 3.05) is 19.6 Å². The maximum Gasteiger partial charge on any atom is 0.320 e. The first-order valence-corrected chi connectivity index (χ1v) is 12.9. The van der Waals surface area contributed by atoms with E-state index in [-0.39, 0.29) is 17.2 Å². The first kappa shape index (κ1) is 22.7. The smallest absolute Gasteiger partial charge is 0.320 e. The summed E-state index contributed by atoms with van der Waals surface area (Å²) >= 11 is 0. The zero-order valence-electron chi connectivity index (χ0n) is 20.6. The number of aromatic nitrogens is 3. The number of piperidine rings is 1.